The van der Waals surface area contributed by atoms with Gasteiger partial charge >= 0.3 is 0 Å². The van der Waals surface area contributed by atoms with Gasteiger partial charge in [-0.05, 0) is 25.1 Å². The lowest BCUT2D eigenvalue weighted by molar-refractivity contribution is 0.0942. The van der Waals surface area contributed by atoms with E-state index in [4.69, 9.17) is 4.42 Å². The Labute approximate surface area is 190 Å². The third-order valence-electron chi connectivity index (χ3n) is 5.03. The fourth-order valence-corrected chi connectivity index (χ4v) is 3.34. The van der Waals surface area contributed by atoms with Crippen LogP contribution < -0.4 is 10.6 Å². The Balaban J connectivity index is 1.55. The van der Waals surface area contributed by atoms with Gasteiger partial charge in [0.25, 0.3) is 11.8 Å². The molecule has 166 valence electrons. The summed E-state index contributed by atoms with van der Waals surface area (Å²) in [4.78, 5) is 38.8. The van der Waals surface area contributed by atoms with Crippen molar-refractivity contribution in [3.8, 4) is 0 Å². The molecule has 0 aliphatic carbocycles. The lowest BCUT2D eigenvalue weighted by atomic mass is 9.97. The first kappa shape index (κ1) is 21.8. The van der Waals surface area contributed by atoms with Gasteiger partial charge in [-0.25, -0.2) is 0 Å². The number of furan rings is 1. The van der Waals surface area contributed by atoms with Gasteiger partial charge in [-0.15, -0.1) is 0 Å². The minimum Gasteiger partial charge on any atom is -0.467 e. The quantitative estimate of drug-likeness (QED) is 0.424. The van der Waals surface area contributed by atoms with E-state index in [-0.39, 0.29) is 34.8 Å². The van der Waals surface area contributed by atoms with Crippen molar-refractivity contribution in [1.82, 2.24) is 15.1 Å². The molecular weight excluding hydrogens is 420 g/mol. The van der Waals surface area contributed by atoms with E-state index in [0.717, 1.165) is 5.56 Å². The molecule has 2 heterocycles. The second-order valence-corrected chi connectivity index (χ2v) is 7.52. The van der Waals surface area contributed by atoms with E-state index in [1.165, 1.54) is 17.1 Å². The number of aromatic nitrogens is 2. The molecule has 2 aromatic heterocycles. The molecule has 0 radical (unpaired) electrons. The summed E-state index contributed by atoms with van der Waals surface area (Å²) in [7, 11) is 1.65. The Morgan fingerprint density at radius 1 is 0.939 bits per heavy atom. The molecule has 0 saturated carbocycles. The minimum absolute atomic E-state index is 0.0553. The maximum absolute atomic E-state index is 13.1. The van der Waals surface area contributed by atoms with E-state index in [9.17, 15) is 14.4 Å². The number of ketones is 1. The van der Waals surface area contributed by atoms with Crippen LogP contribution in [0.3, 0.4) is 0 Å². The number of rotatable bonds is 7. The molecule has 0 saturated heterocycles. The summed E-state index contributed by atoms with van der Waals surface area (Å²) < 4.78 is 6.65. The van der Waals surface area contributed by atoms with Crippen molar-refractivity contribution in [2.45, 2.75) is 13.5 Å². The number of nitrogens with one attached hydrogen (secondary N) is 2. The number of nitrogens with zero attached hydrogens (tertiary/aromatic N) is 2. The van der Waals surface area contributed by atoms with Gasteiger partial charge in [-0.1, -0.05) is 48.0 Å². The molecule has 2 amide bonds. The summed E-state index contributed by atoms with van der Waals surface area (Å²) in [6, 6.07) is 17.2. The van der Waals surface area contributed by atoms with Crippen LogP contribution in [-0.2, 0) is 13.6 Å². The number of aryl methyl sites for hydroxylation is 2. The topological polar surface area (TPSA) is 106 Å². The molecule has 0 aliphatic heterocycles. The number of benzene rings is 2. The number of anilines is 1. The highest BCUT2D eigenvalue weighted by Gasteiger charge is 2.22. The van der Waals surface area contributed by atoms with Crippen LogP contribution in [0, 0.1) is 6.92 Å². The Bertz CT molecular complexity index is 1300. The van der Waals surface area contributed by atoms with Crippen LogP contribution in [-0.4, -0.2) is 27.4 Å². The van der Waals surface area contributed by atoms with Crippen molar-refractivity contribution >= 4 is 23.3 Å². The van der Waals surface area contributed by atoms with E-state index in [1.807, 2.05) is 19.1 Å². The maximum Gasteiger partial charge on any atom is 0.274 e. The van der Waals surface area contributed by atoms with Crippen LogP contribution in [0.5, 0.6) is 0 Å². The third kappa shape index (κ3) is 4.90. The van der Waals surface area contributed by atoms with Crippen molar-refractivity contribution in [3.63, 3.8) is 0 Å². The summed E-state index contributed by atoms with van der Waals surface area (Å²) in [6.07, 6.45) is 3.05. The zero-order chi connectivity index (χ0) is 23.4. The lowest BCUT2D eigenvalue weighted by Crippen LogP contribution is -2.25. The van der Waals surface area contributed by atoms with E-state index in [0.29, 0.717) is 11.3 Å². The van der Waals surface area contributed by atoms with Gasteiger partial charge in [0.05, 0.1) is 24.1 Å². The molecule has 0 spiro atoms. The molecule has 0 unspecified atom stereocenters. The van der Waals surface area contributed by atoms with Gasteiger partial charge in [0, 0.05) is 24.4 Å². The zero-order valence-corrected chi connectivity index (χ0v) is 18.2. The van der Waals surface area contributed by atoms with Gasteiger partial charge in [-0.2, -0.15) is 5.10 Å². The molecule has 0 bridgehead atoms. The van der Waals surface area contributed by atoms with Crippen molar-refractivity contribution in [3.05, 3.63) is 107 Å². The highest BCUT2D eigenvalue weighted by atomic mass is 16.3. The number of hydrogen-bond donors (Lipinski definition) is 2. The summed E-state index contributed by atoms with van der Waals surface area (Å²) in [5.41, 5.74) is 2.28. The van der Waals surface area contributed by atoms with Gasteiger partial charge in [0.1, 0.15) is 5.76 Å². The molecule has 8 nitrogen and oxygen atoms in total. The summed E-state index contributed by atoms with van der Waals surface area (Å²) in [6.45, 7) is 2.12. The maximum atomic E-state index is 13.1. The lowest BCUT2D eigenvalue weighted by Gasteiger charge is -2.10. The highest BCUT2D eigenvalue weighted by molar-refractivity contribution is 6.18. The normalized spacial score (nSPS) is 10.6. The fourth-order valence-electron chi connectivity index (χ4n) is 3.34. The second-order valence-electron chi connectivity index (χ2n) is 7.52. The Morgan fingerprint density at radius 2 is 1.67 bits per heavy atom. The largest absolute Gasteiger partial charge is 0.467 e. The standard InChI is InChI=1S/C25H22N4O4/c1-16-9-11-17(12-10-16)23(30)19-7-3-4-8-20(19)24(31)27-21-15-29(2)28-22(21)25(32)26-14-18-6-5-13-33-18/h3-13,15H,14H2,1-2H3,(H,26,32)(H,27,31). The zero-order valence-electron chi connectivity index (χ0n) is 18.2. The molecule has 2 aromatic carbocycles. The smallest absolute Gasteiger partial charge is 0.274 e. The molecule has 4 rings (SSSR count). The first-order valence-electron chi connectivity index (χ1n) is 10.3. The Hall–Kier alpha value is -4.46. The van der Waals surface area contributed by atoms with Crippen LogP contribution >= 0.6 is 0 Å². The Morgan fingerprint density at radius 3 is 2.36 bits per heavy atom. The summed E-state index contributed by atoms with van der Waals surface area (Å²) in [5, 5.41) is 9.59. The fraction of sp³-hybridized carbons (Fsp3) is 0.120. The van der Waals surface area contributed by atoms with Crippen molar-refractivity contribution in [1.29, 1.82) is 0 Å². The van der Waals surface area contributed by atoms with Crippen LogP contribution in [0.15, 0.2) is 77.5 Å². The molecule has 0 atom stereocenters. The Kier molecular flexibility index (Phi) is 6.17. The first-order chi connectivity index (χ1) is 15.9. The molecular formula is C25H22N4O4. The van der Waals surface area contributed by atoms with Crippen molar-refractivity contribution in [2.75, 3.05) is 5.32 Å². The average Bonchev–Trinajstić information content (AvgIpc) is 3.47. The van der Waals surface area contributed by atoms with E-state index in [1.54, 1.807) is 55.6 Å². The van der Waals surface area contributed by atoms with Gasteiger partial charge in [0.2, 0.25) is 0 Å². The van der Waals surface area contributed by atoms with Crippen LogP contribution in [0.2, 0.25) is 0 Å². The number of carbonyl (C=O) groups is 3. The molecule has 4 aromatic rings. The van der Waals surface area contributed by atoms with Crippen LogP contribution in [0.4, 0.5) is 5.69 Å². The van der Waals surface area contributed by atoms with E-state index >= 15 is 0 Å². The predicted molar refractivity (Wildman–Crippen MR) is 122 cm³/mol. The van der Waals surface area contributed by atoms with Crippen molar-refractivity contribution < 1.29 is 18.8 Å². The SMILES string of the molecule is Cc1ccc(C(=O)c2ccccc2C(=O)Nc2cn(C)nc2C(=O)NCc2ccco2)cc1. The molecule has 33 heavy (non-hydrogen) atoms. The molecule has 0 fully saturated rings. The van der Waals surface area contributed by atoms with Gasteiger partial charge in [0.15, 0.2) is 11.5 Å². The first-order valence-corrected chi connectivity index (χ1v) is 10.3. The predicted octanol–water partition coefficient (Wildman–Crippen LogP) is 3.73. The minimum atomic E-state index is -0.515. The van der Waals surface area contributed by atoms with Gasteiger partial charge in [-0.3, -0.25) is 19.1 Å². The monoisotopic (exact) mass is 442 g/mol. The number of carbonyl (C=O) groups excluding carboxylic acids is 3. The van der Waals surface area contributed by atoms with Crippen LogP contribution in [0.25, 0.3) is 0 Å². The highest BCUT2D eigenvalue weighted by Crippen LogP contribution is 2.19. The second kappa shape index (κ2) is 9.35. The molecule has 8 heteroatoms. The summed E-state index contributed by atoms with van der Waals surface area (Å²) >= 11 is 0. The summed E-state index contributed by atoms with van der Waals surface area (Å²) in [5.74, 6) is -0.651. The number of hydrogen-bond acceptors (Lipinski definition) is 5. The van der Waals surface area contributed by atoms with Gasteiger partial charge < -0.3 is 15.1 Å². The van der Waals surface area contributed by atoms with Crippen LogP contribution in [0.1, 0.15) is 48.1 Å². The van der Waals surface area contributed by atoms with E-state index in [2.05, 4.69) is 15.7 Å². The van der Waals surface area contributed by atoms with E-state index < -0.39 is 11.8 Å². The number of amides is 2. The van der Waals surface area contributed by atoms with Crippen molar-refractivity contribution in [2.24, 2.45) is 7.05 Å². The molecule has 0 aliphatic rings. The third-order valence-corrected chi connectivity index (χ3v) is 5.03. The average molecular weight is 442 g/mol. The molecule has 2 N–H and O–H groups in total.